The smallest absolute Gasteiger partial charge is 0.338 e. The van der Waals surface area contributed by atoms with Gasteiger partial charge in [-0.05, 0) is 43.3 Å². The number of esters is 1. The molecule has 0 spiro atoms. The minimum Gasteiger partial charge on any atom is -0.487 e. The Morgan fingerprint density at radius 3 is 2.48 bits per heavy atom. The van der Waals surface area contributed by atoms with E-state index in [0.29, 0.717) is 23.6 Å². The van der Waals surface area contributed by atoms with Crippen molar-refractivity contribution in [1.29, 1.82) is 0 Å². The summed E-state index contributed by atoms with van der Waals surface area (Å²) in [6.45, 7) is 1.98. The lowest BCUT2D eigenvalue weighted by molar-refractivity contribution is -0.119. The van der Waals surface area contributed by atoms with E-state index in [1.165, 1.54) is 11.3 Å². The molecule has 0 aliphatic rings. The van der Waals surface area contributed by atoms with E-state index >= 15 is 0 Å². The van der Waals surface area contributed by atoms with E-state index in [9.17, 15) is 9.59 Å². The summed E-state index contributed by atoms with van der Waals surface area (Å²) in [4.78, 5) is 28.1. The molecule has 27 heavy (non-hydrogen) atoms. The van der Waals surface area contributed by atoms with Crippen LogP contribution >= 0.6 is 11.3 Å². The van der Waals surface area contributed by atoms with Gasteiger partial charge in [-0.25, -0.2) is 9.78 Å². The third-order valence-corrected chi connectivity index (χ3v) is 4.27. The van der Waals surface area contributed by atoms with Crippen LogP contribution in [0, 0.1) is 6.92 Å². The van der Waals surface area contributed by atoms with Crippen LogP contribution in [0.1, 0.15) is 21.6 Å². The highest BCUT2D eigenvalue weighted by atomic mass is 32.1. The number of benzene rings is 2. The summed E-state index contributed by atoms with van der Waals surface area (Å²) >= 11 is 1.50. The van der Waals surface area contributed by atoms with Crippen molar-refractivity contribution in [2.75, 3.05) is 11.9 Å². The Morgan fingerprint density at radius 1 is 1.07 bits per heavy atom. The fourth-order valence-corrected chi connectivity index (χ4v) is 2.74. The van der Waals surface area contributed by atoms with Gasteiger partial charge in [-0.15, -0.1) is 11.3 Å². The molecule has 1 aromatic heterocycles. The molecular formula is C20H18N2O4S. The first-order valence-electron chi connectivity index (χ1n) is 8.24. The number of rotatable bonds is 7. The van der Waals surface area contributed by atoms with Crippen LogP contribution in [0.5, 0.6) is 5.75 Å². The summed E-state index contributed by atoms with van der Waals surface area (Å²) in [5, 5.41) is 4.58. The normalized spacial score (nSPS) is 10.3. The van der Waals surface area contributed by atoms with E-state index in [2.05, 4.69) is 10.3 Å². The molecule has 0 fully saturated rings. The Kier molecular flexibility index (Phi) is 6.17. The molecule has 138 valence electrons. The summed E-state index contributed by atoms with van der Waals surface area (Å²) in [6.07, 6.45) is 0. The first-order valence-corrected chi connectivity index (χ1v) is 9.18. The number of hydrogen-bond acceptors (Lipinski definition) is 6. The molecule has 3 rings (SSSR count). The predicted octanol–water partition coefficient (Wildman–Crippen LogP) is 3.83. The lowest BCUT2D eigenvalue weighted by atomic mass is 10.2. The summed E-state index contributed by atoms with van der Waals surface area (Å²) in [6, 6.07) is 13.9. The monoisotopic (exact) mass is 382 g/mol. The number of nitrogens with one attached hydrogen (secondary N) is 1. The number of carbonyl (C=O) groups excluding carboxylic acids is 2. The van der Waals surface area contributed by atoms with Crippen LogP contribution in [0.3, 0.4) is 0 Å². The van der Waals surface area contributed by atoms with Crippen molar-refractivity contribution in [2.24, 2.45) is 0 Å². The molecule has 0 aliphatic heterocycles. The summed E-state index contributed by atoms with van der Waals surface area (Å²) in [5.74, 6) is -0.341. The van der Waals surface area contributed by atoms with Crippen LogP contribution in [0.2, 0.25) is 0 Å². The Labute approximate surface area is 160 Å². The van der Waals surface area contributed by atoms with Gasteiger partial charge < -0.3 is 14.8 Å². The zero-order valence-corrected chi connectivity index (χ0v) is 15.5. The van der Waals surface area contributed by atoms with Gasteiger partial charge in [0.2, 0.25) is 0 Å². The summed E-state index contributed by atoms with van der Waals surface area (Å²) in [5.41, 5.74) is 4.69. The average molecular weight is 382 g/mol. The van der Waals surface area contributed by atoms with Crippen LogP contribution in [-0.2, 0) is 16.1 Å². The van der Waals surface area contributed by atoms with Crippen molar-refractivity contribution < 1.29 is 19.1 Å². The van der Waals surface area contributed by atoms with Crippen molar-refractivity contribution in [3.05, 3.63) is 76.2 Å². The Morgan fingerprint density at radius 2 is 1.81 bits per heavy atom. The molecule has 1 amide bonds. The zero-order valence-electron chi connectivity index (χ0n) is 14.7. The highest BCUT2D eigenvalue weighted by molar-refractivity contribution is 7.07. The molecule has 7 heteroatoms. The lowest BCUT2D eigenvalue weighted by Gasteiger charge is -2.08. The maximum absolute atomic E-state index is 12.1. The average Bonchev–Trinajstić information content (AvgIpc) is 3.20. The molecule has 6 nitrogen and oxygen atoms in total. The van der Waals surface area contributed by atoms with Gasteiger partial charge in [0.1, 0.15) is 12.4 Å². The number of hydrogen-bond donors (Lipinski definition) is 1. The first kappa shape index (κ1) is 18.6. The lowest BCUT2D eigenvalue weighted by Crippen LogP contribution is -2.20. The molecule has 0 saturated carbocycles. The number of aromatic nitrogens is 1. The number of nitrogens with zero attached hydrogens (tertiary/aromatic N) is 1. The van der Waals surface area contributed by atoms with E-state index in [4.69, 9.17) is 9.47 Å². The fraction of sp³-hybridized carbons (Fsp3) is 0.150. The van der Waals surface area contributed by atoms with E-state index in [0.717, 1.165) is 11.3 Å². The van der Waals surface area contributed by atoms with Gasteiger partial charge in [-0.1, -0.05) is 17.7 Å². The maximum Gasteiger partial charge on any atom is 0.338 e. The standard InChI is InChI=1S/C20H18N2O4S/c1-14-2-6-16(7-3-14)22-19(23)11-26-20(24)15-4-8-18(9-5-15)25-10-17-12-27-13-21-17/h2-9,12-13H,10-11H2,1H3,(H,22,23). The summed E-state index contributed by atoms with van der Waals surface area (Å²) in [7, 11) is 0. The van der Waals surface area contributed by atoms with Gasteiger partial charge in [0.15, 0.2) is 6.61 Å². The Hall–Kier alpha value is -3.19. The first-order chi connectivity index (χ1) is 13.1. The van der Waals surface area contributed by atoms with Crippen LogP contribution in [0.4, 0.5) is 5.69 Å². The minimum atomic E-state index is -0.569. The van der Waals surface area contributed by atoms with Gasteiger partial charge in [-0.2, -0.15) is 0 Å². The highest BCUT2D eigenvalue weighted by Gasteiger charge is 2.11. The van der Waals surface area contributed by atoms with Gasteiger partial charge in [-0.3, -0.25) is 4.79 Å². The van der Waals surface area contributed by atoms with Crippen LogP contribution in [-0.4, -0.2) is 23.5 Å². The van der Waals surface area contributed by atoms with Gasteiger partial charge in [0, 0.05) is 11.1 Å². The number of aryl methyl sites for hydroxylation is 1. The van der Waals surface area contributed by atoms with Crippen molar-refractivity contribution in [3.8, 4) is 5.75 Å². The topological polar surface area (TPSA) is 77.5 Å². The second-order valence-corrected chi connectivity index (χ2v) is 6.50. The molecule has 1 N–H and O–H groups in total. The molecule has 0 radical (unpaired) electrons. The number of carbonyl (C=O) groups is 2. The van der Waals surface area contributed by atoms with Crippen molar-refractivity contribution in [1.82, 2.24) is 4.98 Å². The summed E-state index contributed by atoms with van der Waals surface area (Å²) < 4.78 is 10.6. The van der Waals surface area contributed by atoms with Crippen LogP contribution < -0.4 is 10.1 Å². The zero-order chi connectivity index (χ0) is 19.1. The van der Waals surface area contributed by atoms with Gasteiger partial charge in [0.05, 0.1) is 16.8 Å². The largest absolute Gasteiger partial charge is 0.487 e. The highest BCUT2D eigenvalue weighted by Crippen LogP contribution is 2.15. The molecule has 0 atom stereocenters. The molecule has 1 heterocycles. The van der Waals surface area contributed by atoms with Gasteiger partial charge >= 0.3 is 5.97 Å². The molecule has 0 unspecified atom stereocenters. The van der Waals surface area contributed by atoms with E-state index in [-0.39, 0.29) is 6.61 Å². The minimum absolute atomic E-state index is 0.346. The van der Waals surface area contributed by atoms with Gasteiger partial charge in [0.25, 0.3) is 5.91 Å². The third kappa shape index (κ3) is 5.65. The number of ether oxygens (including phenoxy) is 2. The predicted molar refractivity (Wildman–Crippen MR) is 103 cm³/mol. The molecule has 3 aromatic rings. The third-order valence-electron chi connectivity index (χ3n) is 3.63. The molecule has 0 saturated heterocycles. The quantitative estimate of drug-likeness (QED) is 0.629. The Bertz CT molecular complexity index is 891. The van der Waals surface area contributed by atoms with E-state index < -0.39 is 11.9 Å². The van der Waals surface area contributed by atoms with Crippen LogP contribution in [0.25, 0.3) is 0 Å². The SMILES string of the molecule is Cc1ccc(NC(=O)COC(=O)c2ccc(OCc3cscn3)cc2)cc1. The Balaban J connectivity index is 1.45. The molecule has 0 bridgehead atoms. The van der Waals surface area contributed by atoms with E-state index in [1.807, 2.05) is 24.4 Å². The van der Waals surface area contributed by atoms with E-state index in [1.54, 1.807) is 41.9 Å². The molecular weight excluding hydrogens is 364 g/mol. The molecule has 2 aromatic carbocycles. The number of anilines is 1. The van der Waals surface area contributed by atoms with Crippen LogP contribution in [0.15, 0.2) is 59.4 Å². The maximum atomic E-state index is 12.1. The van der Waals surface area contributed by atoms with Crippen molar-refractivity contribution in [3.63, 3.8) is 0 Å². The number of thiazole rings is 1. The second kappa shape index (κ2) is 8.95. The number of amides is 1. The molecule has 0 aliphatic carbocycles. The van der Waals surface area contributed by atoms with Crippen molar-refractivity contribution >= 4 is 28.9 Å². The van der Waals surface area contributed by atoms with Crippen molar-refractivity contribution in [2.45, 2.75) is 13.5 Å². The fourth-order valence-electron chi connectivity index (χ4n) is 2.20. The second-order valence-electron chi connectivity index (χ2n) is 5.78.